The number of nitrogens with one attached hydrogen (secondary N) is 2. The number of amides is 2. The Bertz CT molecular complexity index is 541. The molecule has 16 nitrogen and oxygen atoms in total. The summed E-state index contributed by atoms with van der Waals surface area (Å²) in [5.74, 6) is -2.85. The SMILES string of the molecule is O=C(N/N=C/C(O)C(O)C(O)C(O)CO)C(=O)N/N=C/C(O)C(O)C(O)C(O)CO. The van der Waals surface area contributed by atoms with Crippen molar-refractivity contribution in [3.63, 3.8) is 0 Å². The molecule has 0 fully saturated rings. The van der Waals surface area contributed by atoms with Gasteiger partial charge >= 0.3 is 11.8 Å². The Morgan fingerprint density at radius 2 is 0.933 bits per heavy atom. The molecule has 0 radical (unpaired) electrons. The molecule has 0 rings (SSSR count). The molecule has 0 aromatic rings. The highest BCUT2D eigenvalue weighted by atomic mass is 16.4. The highest BCUT2D eigenvalue weighted by Gasteiger charge is 2.30. The average Bonchev–Trinajstić information content (AvgIpc) is 2.74. The maximum atomic E-state index is 11.4. The second-order valence-electron chi connectivity index (χ2n) is 5.88. The molecule has 0 aliphatic heterocycles. The van der Waals surface area contributed by atoms with Gasteiger partial charge in [0.1, 0.15) is 48.8 Å². The fourth-order valence-electron chi connectivity index (χ4n) is 1.70. The zero-order valence-electron chi connectivity index (χ0n) is 15.4. The summed E-state index contributed by atoms with van der Waals surface area (Å²) in [4.78, 5) is 22.9. The molecule has 30 heavy (non-hydrogen) atoms. The van der Waals surface area contributed by atoms with Gasteiger partial charge in [-0.3, -0.25) is 9.59 Å². The largest absolute Gasteiger partial charge is 0.394 e. The number of hydrogen-bond acceptors (Lipinski definition) is 14. The number of rotatable bonds is 12. The first-order valence-corrected chi connectivity index (χ1v) is 8.30. The molecule has 0 aromatic heterocycles. The van der Waals surface area contributed by atoms with Crippen LogP contribution in [0.25, 0.3) is 0 Å². The molecule has 0 aromatic carbocycles. The van der Waals surface area contributed by atoms with Crippen molar-refractivity contribution < 1.29 is 60.7 Å². The van der Waals surface area contributed by atoms with Crippen LogP contribution in [-0.4, -0.2) is 137 Å². The van der Waals surface area contributed by atoms with Gasteiger partial charge in [0, 0.05) is 0 Å². The molecular weight excluding hydrogens is 416 g/mol. The van der Waals surface area contributed by atoms with E-state index in [4.69, 9.17) is 20.4 Å². The van der Waals surface area contributed by atoms with E-state index in [0.717, 1.165) is 0 Å². The third kappa shape index (κ3) is 9.13. The zero-order chi connectivity index (χ0) is 23.4. The minimum absolute atomic E-state index is 0.514. The van der Waals surface area contributed by atoms with Gasteiger partial charge in [-0.2, -0.15) is 10.2 Å². The Hall–Kier alpha value is -2.12. The van der Waals surface area contributed by atoms with Crippen LogP contribution in [0.15, 0.2) is 10.2 Å². The Kier molecular flexibility index (Phi) is 13.0. The summed E-state index contributed by atoms with van der Waals surface area (Å²) in [5, 5.41) is 98.6. The summed E-state index contributed by atoms with van der Waals surface area (Å²) >= 11 is 0. The quantitative estimate of drug-likeness (QED) is 0.0762. The smallest absolute Gasteiger partial charge is 0.331 e. The summed E-state index contributed by atoms with van der Waals surface area (Å²) in [5.41, 5.74) is 3.24. The Morgan fingerprint density at radius 1 is 0.633 bits per heavy atom. The predicted octanol–water partition coefficient (Wildman–Crippen LogP) is -7.94. The minimum atomic E-state index is -1.97. The molecule has 16 heteroatoms. The van der Waals surface area contributed by atoms with E-state index in [9.17, 15) is 40.2 Å². The van der Waals surface area contributed by atoms with Crippen molar-refractivity contribution in [3.05, 3.63) is 0 Å². The second kappa shape index (κ2) is 14.0. The number of carbonyl (C=O) groups is 2. The lowest BCUT2D eigenvalue weighted by Crippen LogP contribution is -2.47. The van der Waals surface area contributed by atoms with Crippen LogP contribution in [0.2, 0.25) is 0 Å². The van der Waals surface area contributed by atoms with Crippen molar-refractivity contribution in [2.45, 2.75) is 48.8 Å². The highest BCUT2D eigenvalue weighted by Crippen LogP contribution is 2.04. The Balaban J connectivity index is 4.53. The number of hydrazone groups is 2. The fraction of sp³-hybridized carbons (Fsp3) is 0.714. The summed E-state index contributed by atoms with van der Waals surface area (Å²) in [6, 6.07) is 0. The molecule has 0 heterocycles. The van der Waals surface area contributed by atoms with E-state index in [0.29, 0.717) is 12.4 Å². The van der Waals surface area contributed by atoms with E-state index in [1.165, 1.54) is 0 Å². The zero-order valence-corrected chi connectivity index (χ0v) is 15.4. The van der Waals surface area contributed by atoms with Crippen molar-refractivity contribution in [2.75, 3.05) is 13.2 Å². The van der Waals surface area contributed by atoms with E-state index >= 15 is 0 Å². The molecule has 174 valence electrons. The van der Waals surface area contributed by atoms with E-state index in [-0.39, 0.29) is 0 Å². The molecule has 0 aliphatic carbocycles. The van der Waals surface area contributed by atoms with Gasteiger partial charge in [0.2, 0.25) is 0 Å². The first kappa shape index (κ1) is 27.9. The van der Waals surface area contributed by atoms with Gasteiger partial charge in [0.15, 0.2) is 0 Å². The first-order chi connectivity index (χ1) is 14.0. The van der Waals surface area contributed by atoms with Gasteiger partial charge in [0.05, 0.1) is 25.6 Å². The number of aliphatic hydroxyl groups is 10. The summed E-state index contributed by atoms with van der Waals surface area (Å²) in [7, 11) is 0. The number of carbonyl (C=O) groups excluding carboxylic acids is 2. The Morgan fingerprint density at radius 3 is 1.20 bits per heavy atom. The molecule has 2 amide bonds. The van der Waals surface area contributed by atoms with Crippen LogP contribution in [0.4, 0.5) is 0 Å². The van der Waals surface area contributed by atoms with Gasteiger partial charge in [-0.15, -0.1) is 0 Å². The van der Waals surface area contributed by atoms with Crippen LogP contribution in [-0.2, 0) is 9.59 Å². The monoisotopic (exact) mass is 442 g/mol. The lowest BCUT2D eigenvalue weighted by molar-refractivity contribution is -0.139. The molecule has 0 saturated carbocycles. The molecule has 0 aliphatic rings. The third-order valence-corrected chi connectivity index (χ3v) is 3.56. The van der Waals surface area contributed by atoms with Crippen LogP contribution in [0.1, 0.15) is 0 Å². The van der Waals surface area contributed by atoms with E-state index in [2.05, 4.69) is 10.2 Å². The van der Waals surface area contributed by atoms with Crippen molar-refractivity contribution in [2.24, 2.45) is 10.2 Å². The summed E-state index contributed by atoms with van der Waals surface area (Å²) in [6.45, 7) is -1.79. The minimum Gasteiger partial charge on any atom is -0.394 e. The van der Waals surface area contributed by atoms with Crippen molar-refractivity contribution in [1.82, 2.24) is 10.9 Å². The first-order valence-electron chi connectivity index (χ1n) is 8.30. The maximum absolute atomic E-state index is 11.4. The highest BCUT2D eigenvalue weighted by molar-refractivity contribution is 6.35. The lowest BCUT2D eigenvalue weighted by Gasteiger charge is -2.23. The topological polar surface area (TPSA) is 285 Å². The Labute approximate surface area is 169 Å². The van der Waals surface area contributed by atoms with Crippen molar-refractivity contribution in [1.29, 1.82) is 0 Å². The van der Waals surface area contributed by atoms with E-state index < -0.39 is 73.9 Å². The van der Waals surface area contributed by atoms with E-state index in [1.54, 1.807) is 10.9 Å². The average molecular weight is 442 g/mol. The molecule has 0 spiro atoms. The standard InChI is InChI=1S/C14H26N4O12/c19-3-7(23)11(27)9(25)5(21)1-15-17-13(29)14(30)18-16-2-6(22)10(26)12(28)8(24)4-20/h1-2,5-12,19-28H,3-4H2,(H,17,29)(H,18,30)/b15-1+,16-2+. The van der Waals surface area contributed by atoms with Gasteiger partial charge in [-0.05, 0) is 0 Å². The van der Waals surface area contributed by atoms with Gasteiger partial charge in [-0.25, -0.2) is 10.9 Å². The van der Waals surface area contributed by atoms with Crippen LogP contribution in [0.3, 0.4) is 0 Å². The molecule has 0 bridgehead atoms. The van der Waals surface area contributed by atoms with Crippen LogP contribution in [0.5, 0.6) is 0 Å². The maximum Gasteiger partial charge on any atom is 0.331 e. The fourth-order valence-corrected chi connectivity index (χ4v) is 1.70. The van der Waals surface area contributed by atoms with Crippen LogP contribution < -0.4 is 10.9 Å². The lowest BCUT2D eigenvalue weighted by atomic mass is 10.0. The number of hydrogen-bond donors (Lipinski definition) is 12. The summed E-state index contributed by atoms with van der Waals surface area (Å²) in [6.07, 6.45) is -14.0. The molecular formula is C14H26N4O12. The van der Waals surface area contributed by atoms with Gasteiger partial charge < -0.3 is 51.1 Å². The second-order valence-corrected chi connectivity index (χ2v) is 5.88. The van der Waals surface area contributed by atoms with Crippen LogP contribution in [0, 0.1) is 0 Å². The molecule has 8 unspecified atom stereocenters. The van der Waals surface area contributed by atoms with Gasteiger partial charge in [0.25, 0.3) is 0 Å². The van der Waals surface area contributed by atoms with Gasteiger partial charge in [-0.1, -0.05) is 0 Å². The molecule has 12 N–H and O–H groups in total. The molecule has 0 saturated heterocycles. The van der Waals surface area contributed by atoms with Crippen LogP contribution >= 0.6 is 0 Å². The predicted molar refractivity (Wildman–Crippen MR) is 95.5 cm³/mol. The third-order valence-electron chi connectivity index (χ3n) is 3.56. The van der Waals surface area contributed by atoms with E-state index in [1.807, 2.05) is 0 Å². The molecule has 8 atom stereocenters. The summed E-state index contributed by atoms with van der Waals surface area (Å²) < 4.78 is 0. The normalized spacial score (nSPS) is 20.2. The van der Waals surface area contributed by atoms with Crippen molar-refractivity contribution in [3.8, 4) is 0 Å². The number of aliphatic hydroxyl groups excluding tert-OH is 10. The number of nitrogens with zero attached hydrogens (tertiary/aromatic N) is 2. The van der Waals surface area contributed by atoms with Crippen molar-refractivity contribution >= 4 is 24.2 Å².